The van der Waals surface area contributed by atoms with Gasteiger partial charge >= 0.3 is 0 Å². The van der Waals surface area contributed by atoms with Crippen molar-refractivity contribution in [2.24, 2.45) is 5.73 Å². The number of aryl methyl sites for hydroxylation is 1. The van der Waals surface area contributed by atoms with Crippen molar-refractivity contribution in [3.8, 4) is 5.75 Å². The van der Waals surface area contributed by atoms with Gasteiger partial charge in [0.1, 0.15) is 23.4 Å². The summed E-state index contributed by atoms with van der Waals surface area (Å²) >= 11 is 1.46. The van der Waals surface area contributed by atoms with Gasteiger partial charge in [-0.2, -0.15) is 4.37 Å². The molecule has 0 aliphatic carbocycles. The van der Waals surface area contributed by atoms with Crippen molar-refractivity contribution < 1.29 is 9.53 Å². The number of ether oxygens (including phenoxy) is 1. The number of nitrogens with zero attached hydrogens (tertiary/aromatic N) is 4. The lowest BCUT2D eigenvalue weighted by atomic mass is 10.1. The van der Waals surface area contributed by atoms with Crippen LogP contribution in [0.2, 0.25) is 0 Å². The number of rotatable bonds is 5. The first-order valence-corrected chi connectivity index (χ1v) is 8.43. The monoisotopic (exact) mass is 333 g/mol. The van der Waals surface area contributed by atoms with E-state index in [4.69, 9.17) is 10.5 Å². The van der Waals surface area contributed by atoms with E-state index in [-0.39, 0.29) is 11.8 Å². The van der Waals surface area contributed by atoms with Gasteiger partial charge in [0.2, 0.25) is 5.13 Å². The first kappa shape index (κ1) is 15.7. The summed E-state index contributed by atoms with van der Waals surface area (Å²) in [5.41, 5.74) is 5.46. The third-order valence-electron chi connectivity index (χ3n) is 3.77. The van der Waals surface area contributed by atoms with Crippen molar-refractivity contribution in [2.75, 3.05) is 18.0 Å². The molecule has 0 radical (unpaired) electrons. The Morgan fingerprint density at radius 1 is 1.48 bits per heavy atom. The Morgan fingerprint density at radius 2 is 2.26 bits per heavy atom. The molecule has 0 unspecified atom stereocenters. The van der Waals surface area contributed by atoms with Crippen molar-refractivity contribution in [1.82, 2.24) is 14.3 Å². The van der Waals surface area contributed by atoms with E-state index in [1.165, 1.54) is 17.7 Å². The SMILES string of the molecule is CCc1nsc(N2CCC(Oc3ccnc(C(N)=O)c3)CC2)n1. The number of pyridine rings is 1. The van der Waals surface area contributed by atoms with E-state index < -0.39 is 5.91 Å². The number of aromatic nitrogens is 3. The fourth-order valence-electron chi connectivity index (χ4n) is 2.49. The van der Waals surface area contributed by atoms with Crippen LogP contribution in [0.15, 0.2) is 18.3 Å². The van der Waals surface area contributed by atoms with Crippen LogP contribution in [0.3, 0.4) is 0 Å². The average molecular weight is 333 g/mol. The molecule has 0 spiro atoms. The van der Waals surface area contributed by atoms with Gasteiger partial charge in [-0.3, -0.25) is 9.78 Å². The maximum absolute atomic E-state index is 11.2. The Hall–Kier alpha value is -2.22. The van der Waals surface area contributed by atoms with Crippen LogP contribution in [-0.2, 0) is 6.42 Å². The lowest BCUT2D eigenvalue weighted by molar-refractivity contribution is 0.0994. The standard InChI is InChI=1S/C15H19N5O2S/c1-2-13-18-15(23-19-13)20-7-4-10(5-8-20)22-11-3-6-17-12(9-11)14(16)21/h3,6,9-10H,2,4-5,7-8H2,1H3,(H2,16,21). The van der Waals surface area contributed by atoms with Crippen LogP contribution < -0.4 is 15.4 Å². The first-order chi connectivity index (χ1) is 11.2. The summed E-state index contributed by atoms with van der Waals surface area (Å²) in [6.45, 7) is 3.83. The highest BCUT2D eigenvalue weighted by Crippen LogP contribution is 2.24. The molecule has 0 atom stereocenters. The molecule has 1 aliphatic rings. The molecule has 122 valence electrons. The summed E-state index contributed by atoms with van der Waals surface area (Å²) in [6, 6.07) is 3.34. The van der Waals surface area contributed by atoms with Crippen LogP contribution in [0.25, 0.3) is 0 Å². The first-order valence-electron chi connectivity index (χ1n) is 7.65. The van der Waals surface area contributed by atoms with Crippen molar-refractivity contribution in [2.45, 2.75) is 32.3 Å². The molecule has 0 bridgehead atoms. The molecule has 7 nitrogen and oxygen atoms in total. The van der Waals surface area contributed by atoms with Gasteiger partial charge in [-0.05, 0) is 6.07 Å². The van der Waals surface area contributed by atoms with Crippen molar-refractivity contribution in [3.63, 3.8) is 0 Å². The molecule has 3 heterocycles. The number of amides is 1. The van der Waals surface area contributed by atoms with E-state index in [1.54, 1.807) is 12.1 Å². The Kier molecular flexibility index (Phi) is 4.71. The van der Waals surface area contributed by atoms with Crippen LogP contribution in [0.1, 0.15) is 36.1 Å². The summed E-state index contributed by atoms with van der Waals surface area (Å²) in [5, 5.41) is 0.986. The molecule has 1 saturated heterocycles. The van der Waals surface area contributed by atoms with E-state index >= 15 is 0 Å². The van der Waals surface area contributed by atoms with Crippen LogP contribution in [-0.4, -0.2) is 39.4 Å². The predicted molar refractivity (Wildman–Crippen MR) is 87.9 cm³/mol. The number of anilines is 1. The van der Waals surface area contributed by atoms with Gasteiger partial charge in [0.25, 0.3) is 5.91 Å². The zero-order chi connectivity index (χ0) is 16.2. The van der Waals surface area contributed by atoms with E-state index in [0.29, 0.717) is 5.75 Å². The van der Waals surface area contributed by atoms with E-state index in [0.717, 1.165) is 43.3 Å². The average Bonchev–Trinajstić information content (AvgIpc) is 3.05. The molecule has 2 N–H and O–H groups in total. The number of piperidine rings is 1. The minimum atomic E-state index is -0.548. The van der Waals surface area contributed by atoms with Gasteiger partial charge in [-0.25, -0.2) is 4.98 Å². The minimum Gasteiger partial charge on any atom is -0.490 e. The third-order valence-corrected chi connectivity index (χ3v) is 4.59. The number of carbonyl (C=O) groups excluding carboxylic acids is 1. The Balaban J connectivity index is 1.56. The molecule has 1 aliphatic heterocycles. The summed E-state index contributed by atoms with van der Waals surface area (Å²) in [5.74, 6) is 0.990. The van der Waals surface area contributed by atoms with Gasteiger partial charge in [-0.15, -0.1) is 0 Å². The fourth-order valence-corrected chi connectivity index (χ4v) is 3.29. The second kappa shape index (κ2) is 6.91. The summed E-state index contributed by atoms with van der Waals surface area (Å²) in [4.78, 5) is 21.8. The minimum absolute atomic E-state index is 0.118. The van der Waals surface area contributed by atoms with Crippen molar-refractivity contribution in [3.05, 3.63) is 29.8 Å². The van der Waals surface area contributed by atoms with E-state index in [2.05, 4.69) is 26.2 Å². The quantitative estimate of drug-likeness (QED) is 0.894. The Labute approximate surface area is 138 Å². The van der Waals surface area contributed by atoms with Gasteiger partial charge in [0, 0.05) is 56.1 Å². The van der Waals surface area contributed by atoms with Gasteiger partial charge in [0.05, 0.1) is 0 Å². The zero-order valence-corrected chi connectivity index (χ0v) is 13.8. The van der Waals surface area contributed by atoms with E-state index in [1.807, 2.05) is 0 Å². The second-order valence-corrected chi connectivity index (χ2v) is 6.12. The molecule has 3 rings (SSSR count). The number of nitrogens with two attached hydrogens (primary N) is 1. The normalized spacial score (nSPS) is 15.6. The third kappa shape index (κ3) is 3.76. The number of carbonyl (C=O) groups is 1. The molecule has 2 aromatic heterocycles. The number of hydrogen-bond acceptors (Lipinski definition) is 7. The highest BCUT2D eigenvalue weighted by Gasteiger charge is 2.23. The fraction of sp³-hybridized carbons (Fsp3) is 0.467. The number of hydrogen-bond donors (Lipinski definition) is 1. The van der Waals surface area contributed by atoms with Crippen molar-refractivity contribution >= 4 is 22.6 Å². The largest absolute Gasteiger partial charge is 0.490 e. The molecular formula is C15H19N5O2S. The highest BCUT2D eigenvalue weighted by molar-refractivity contribution is 7.09. The van der Waals surface area contributed by atoms with Crippen molar-refractivity contribution in [1.29, 1.82) is 0 Å². The van der Waals surface area contributed by atoms with Gasteiger partial charge < -0.3 is 15.4 Å². The molecule has 0 aromatic carbocycles. The molecule has 23 heavy (non-hydrogen) atoms. The predicted octanol–water partition coefficient (Wildman–Crippen LogP) is 1.64. The molecule has 0 saturated carbocycles. The zero-order valence-electron chi connectivity index (χ0n) is 12.9. The lowest BCUT2D eigenvalue weighted by Crippen LogP contribution is -2.38. The van der Waals surface area contributed by atoms with Gasteiger partial charge in [-0.1, -0.05) is 6.92 Å². The number of primary amides is 1. The topological polar surface area (TPSA) is 94.2 Å². The molecular weight excluding hydrogens is 314 g/mol. The van der Waals surface area contributed by atoms with Crippen LogP contribution in [0.4, 0.5) is 5.13 Å². The maximum atomic E-state index is 11.2. The molecule has 8 heteroatoms. The molecule has 1 fully saturated rings. The summed E-state index contributed by atoms with van der Waals surface area (Å²) in [7, 11) is 0. The smallest absolute Gasteiger partial charge is 0.267 e. The van der Waals surface area contributed by atoms with Crippen LogP contribution in [0.5, 0.6) is 5.75 Å². The molecule has 2 aromatic rings. The van der Waals surface area contributed by atoms with Gasteiger partial charge in [0.15, 0.2) is 0 Å². The van der Waals surface area contributed by atoms with E-state index in [9.17, 15) is 4.79 Å². The van der Waals surface area contributed by atoms with Crippen LogP contribution in [0, 0.1) is 0 Å². The lowest BCUT2D eigenvalue weighted by Gasteiger charge is -2.31. The highest BCUT2D eigenvalue weighted by atomic mass is 32.1. The summed E-state index contributed by atoms with van der Waals surface area (Å²) in [6.07, 6.45) is 4.32. The Bertz CT molecular complexity index is 682. The Morgan fingerprint density at radius 3 is 2.91 bits per heavy atom. The van der Waals surface area contributed by atoms with Crippen LogP contribution >= 0.6 is 11.5 Å². The second-order valence-electron chi connectivity index (χ2n) is 5.39. The molecule has 1 amide bonds. The summed E-state index contributed by atoms with van der Waals surface area (Å²) < 4.78 is 10.3. The maximum Gasteiger partial charge on any atom is 0.267 e.